The van der Waals surface area contributed by atoms with Crippen LogP contribution in [-0.4, -0.2) is 134 Å². The van der Waals surface area contributed by atoms with E-state index in [4.69, 9.17) is 11.5 Å². The summed E-state index contributed by atoms with van der Waals surface area (Å²) >= 11 is 0. The standard InChI is InChI=1S/C42H65N11O12/c1-6-23(4)35(44)41(63)53-29(15-22(2)3)37(59)46-20-33(55)49-31(17-26-19-45-21-47-26)38(60)48-24(5)36(58)51-32(18-34(56)57)40(62)52-30(16-25-10-12-27(54)13-11-25)39(61)50-28(42(64)65)9-7-8-14-43/h10-13,19,21-24,28-32,35,54H,6-9,14-18,20,43-44H2,1-5H3,(H,45,47)(H,46,59)(H,48,60)(H,49,55)(H,50,61)(H,51,58)(H,52,62)(H,53,63)(H,56,57)(H,64,65)/t23-,24+,28+,29+,30+,31+,32+,35+/m0/s1. The van der Waals surface area contributed by atoms with Crippen molar-refractivity contribution in [2.24, 2.45) is 23.3 Å². The third-order valence-electron chi connectivity index (χ3n) is 10.3. The molecule has 7 amide bonds. The maximum Gasteiger partial charge on any atom is 0.326 e. The van der Waals surface area contributed by atoms with Gasteiger partial charge in [-0.05, 0) is 68.7 Å². The zero-order valence-electron chi connectivity index (χ0n) is 37.3. The van der Waals surface area contributed by atoms with Crippen molar-refractivity contribution in [1.82, 2.24) is 47.2 Å². The first-order chi connectivity index (χ1) is 30.6. The number of unbranched alkanes of at least 4 members (excludes halogenated alkanes) is 1. The second-order valence-corrected chi connectivity index (χ2v) is 16.2. The van der Waals surface area contributed by atoms with Crippen LogP contribution in [0.5, 0.6) is 5.75 Å². The Bertz CT molecular complexity index is 1910. The Morgan fingerprint density at radius 1 is 0.708 bits per heavy atom. The summed E-state index contributed by atoms with van der Waals surface area (Å²) in [6.07, 6.45) is 3.11. The number of nitrogens with zero attached hydrogens (tertiary/aromatic N) is 1. The largest absolute Gasteiger partial charge is 0.508 e. The van der Waals surface area contributed by atoms with Crippen molar-refractivity contribution in [3.05, 3.63) is 48.0 Å². The molecule has 8 atom stereocenters. The Morgan fingerprint density at radius 2 is 1.29 bits per heavy atom. The van der Waals surface area contributed by atoms with E-state index in [0.29, 0.717) is 37.1 Å². The summed E-state index contributed by atoms with van der Waals surface area (Å²) in [4.78, 5) is 124. The fourth-order valence-corrected chi connectivity index (χ4v) is 6.28. The van der Waals surface area contributed by atoms with Crippen LogP contribution in [0.15, 0.2) is 36.8 Å². The predicted molar refractivity (Wildman–Crippen MR) is 234 cm³/mol. The number of amides is 7. The summed E-state index contributed by atoms with van der Waals surface area (Å²) in [5.41, 5.74) is 12.4. The Hall–Kier alpha value is -6.62. The maximum absolute atomic E-state index is 13.6. The molecule has 0 aliphatic heterocycles. The predicted octanol–water partition coefficient (Wildman–Crippen LogP) is -1.95. The summed E-state index contributed by atoms with van der Waals surface area (Å²) in [7, 11) is 0. The number of aromatic nitrogens is 2. The van der Waals surface area contributed by atoms with E-state index in [1.165, 1.54) is 43.7 Å². The highest BCUT2D eigenvalue weighted by molar-refractivity contribution is 5.98. The van der Waals surface area contributed by atoms with Crippen molar-refractivity contribution >= 4 is 53.3 Å². The molecule has 65 heavy (non-hydrogen) atoms. The normalized spacial score (nSPS) is 14.8. The van der Waals surface area contributed by atoms with Crippen molar-refractivity contribution in [1.29, 1.82) is 0 Å². The average Bonchev–Trinajstić information content (AvgIpc) is 3.77. The highest BCUT2D eigenvalue weighted by Crippen LogP contribution is 2.13. The van der Waals surface area contributed by atoms with Crippen molar-refractivity contribution < 1.29 is 58.5 Å². The lowest BCUT2D eigenvalue weighted by Gasteiger charge is -2.26. The Labute approximate surface area is 376 Å². The molecular weight excluding hydrogens is 851 g/mol. The molecule has 2 rings (SSSR count). The lowest BCUT2D eigenvalue weighted by molar-refractivity contribution is -0.143. The molecule has 0 fully saturated rings. The second kappa shape index (κ2) is 27.5. The molecule has 23 nitrogen and oxygen atoms in total. The highest BCUT2D eigenvalue weighted by atomic mass is 16.4. The molecule has 1 aromatic carbocycles. The van der Waals surface area contributed by atoms with Gasteiger partial charge in [-0.25, -0.2) is 9.78 Å². The number of aromatic hydroxyl groups is 1. The fraction of sp³-hybridized carbons (Fsp3) is 0.571. The number of aromatic amines is 1. The number of phenolic OH excluding ortho intramolecular Hbond substituents is 1. The minimum atomic E-state index is -1.81. The molecule has 0 saturated carbocycles. The smallest absolute Gasteiger partial charge is 0.326 e. The summed E-state index contributed by atoms with van der Waals surface area (Å²) in [6.45, 7) is 8.29. The number of aliphatic carboxylic acids is 2. The molecule has 1 heterocycles. The van der Waals surface area contributed by atoms with E-state index in [0.717, 1.165) is 0 Å². The Balaban J connectivity index is 2.22. The number of benzene rings is 1. The number of phenols is 1. The first kappa shape index (κ1) is 54.5. The molecule has 2 aromatic rings. The van der Waals surface area contributed by atoms with Crippen LogP contribution < -0.4 is 48.7 Å². The SMILES string of the molecule is CC[C@H](C)[C@@H](N)C(=O)N[C@H](CC(C)C)C(=O)NCC(=O)N[C@H](Cc1cnc[nH]1)C(=O)N[C@H](C)C(=O)N[C@H](CC(=O)O)C(=O)N[C@H](Cc1ccc(O)cc1)C(=O)N[C@H](CCCCN)C(=O)O. The molecule has 0 spiro atoms. The van der Waals surface area contributed by atoms with Crippen molar-refractivity contribution in [2.45, 2.75) is 128 Å². The van der Waals surface area contributed by atoms with Crippen LogP contribution in [0, 0.1) is 11.8 Å². The minimum Gasteiger partial charge on any atom is -0.508 e. The van der Waals surface area contributed by atoms with Gasteiger partial charge in [0.25, 0.3) is 0 Å². The van der Waals surface area contributed by atoms with Gasteiger partial charge in [0, 0.05) is 24.7 Å². The average molecular weight is 916 g/mol. The van der Waals surface area contributed by atoms with Gasteiger partial charge in [0.15, 0.2) is 0 Å². The number of carbonyl (C=O) groups is 9. The van der Waals surface area contributed by atoms with Crippen LogP contribution in [-0.2, 0) is 56.0 Å². The molecule has 0 aliphatic carbocycles. The summed E-state index contributed by atoms with van der Waals surface area (Å²) < 4.78 is 0. The van der Waals surface area contributed by atoms with Crippen LogP contribution in [0.1, 0.15) is 84.4 Å². The quantitative estimate of drug-likeness (QED) is 0.0395. The zero-order chi connectivity index (χ0) is 48.8. The topological polar surface area (TPSA) is 379 Å². The molecule has 15 N–H and O–H groups in total. The van der Waals surface area contributed by atoms with Crippen LogP contribution in [0.25, 0.3) is 0 Å². The van der Waals surface area contributed by atoms with Gasteiger partial charge in [0.2, 0.25) is 41.4 Å². The molecule has 0 bridgehead atoms. The van der Waals surface area contributed by atoms with Crippen molar-refractivity contribution in [2.75, 3.05) is 13.1 Å². The molecule has 23 heteroatoms. The summed E-state index contributed by atoms with van der Waals surface area (Å²) in [5, 5.41) is 46.2. The van der Waals surface area contributed by atoms with Crippen LogP contribution in [0.2, 0.25) is 0 Å². The van der Waals surface area contributed by atoms with Gasteiger partial charge in [-0.2, -0.15) is 0 Å². The monoisotopic (exact) mass is 915 g/mol. The van der Waals surface area contributed by atoms with E-state index in [1.54, 1.807) is 6.92 Å². The van der Waals surface area contributed by atoms with E-state index in [1.807, 2.05) is 20.8 Å². The summed E-state index contributed by atoms with van der Waals surface area (Å²) in [5.74, 6) is -9.10. The van der Waals surface area contributed by atoms with Gasteiger partial charge in [-0.15, -0.1) is 0 Å². The number of nitrogens with two attached hydrogens (primary N) is 2. The van der Waals surface area contributed by atoms with Crippen molar-refractivity contribution in [3.63, 3.8) is 0 Å². The number of H-pyrrole nitrogens is 1. The van der Waals surface area contributed by atoms with E-state index in [2.05, 4.69) is 47.2 Å². The summed E-state index contributed by atoms with van der Waals surface area (Å²) in [6, 6.07) is -3.78. The molecule has 360 valence electrons. The Kier molecular flexibility index (Phi) is 23.1. The number of nitrogens with one attached hydrogen (secondary N) is 8. The van der Waals surface area contributed by atoms with Gasteiger partial charge in [-0.1, -0.05) is 46.2 Å². The number of hydrogen-bond acceptors (Lipinski definition) is 13. The lowest BCUT2D eigenvalue weighted by Crippen LogP contribution is -2.59. The van der Waals surface area contributed by atoms with E-state index in [9.17, 15) is 58.5 Å². The first-order valence-corrected chi connectivity index (χ1v) is 21.4. The van der Waals surface area contributed by atoms with Gasteiger partial charge >= 0.3 is 11.9 Å². The molecule has 0 saturated heterocycles. The third kappa shape index (κ3) is 19.8. The lowest BCUT2D eigenvalue weighted by atomic mass is 9.97. The number of carboxylic acids is 2. The van der Waals surface area contributed by atoms with Crippen LogP contribution in [0.4, 0.5) is 0 Å². The van der Waals surface area contributed by atoms with Crippen LogP contribution in [0.3, 0.4) is 0 Å². The van der Waals surface area contributed by atoms with E-state index in [-0.39, 0.29) is 43.3 Å². The second-order valence-electron chi connectivity index (χ2n) is 16.2. The maximum atomic E-state index is 13.6. The third-order valence-corrected chi connectivity index (χ3v) is 10.3. The van der Waals surface area contributed by atoms with Crippen molar-refractivity contribution in [3.8, 4) is 5.75 Å². The Morgan fingerprint density at radius 3 is 1.86 bits per heavy atom. The number of rotatable bonds is 29. The number of carbonyl (C=O) groups excluding carboxylic acids is 7. The van der Waals surface area contributed by atoms with Gasteiger partial charge < -0.3 is 69.0 Å². The van der Waals surface area contributed by atoms with E-state index >= 15 is 0 Å². The molecule has 1 aromatic heterocycles. The van der Waals surface area contributed by atoms with Gasteiger partial charge in [0.05, 0.1) is 25.3 Å². The number of carboxylic acid groups (broad SMARTS) is 2. The minimum absolute atomic E-state index is 0.0228. The molecule has 0 unspecified atom stereocenters. The fourth-order valence-electron chi connectivity index (χ4n) is 6.28. The zero-order valence-corrected chi connectivity index (χ0v) is 37.3. The number of imidazole rings is 1. The van der Waals surface area contributed by atoms with Gasteiger partial charge in [0.1, 0.15) is 42.0 Å². The number of hydrogen-bond donors (Lipinski definition) is 13. The first-order valence-electron chi connectivity index (χ1n) is 21.4. The molecule has 0 radical (unpaired) electrons. The molecular formula is C42H65N11O12. The molecule has 0 aliphatic rings. The van der Waals surface area contributed by atoms with E-state index < -0.39 is 109 Å². The van der Waals surface area contributed by atoms with Gasteiger partial charge in [-0.3, -0.25) is 38.4 Å². The van der Waals surface area contributed by atoms with Crippen LogP contribution >= 0.6 is 0 Å². The highest BCUT2D eigenvalue weighted by Gasteiger charge is 2.33.